The zero-order valence-electron chi connectivity index (χ0n) is 18.1. The molecular weight excluding hydrogens is 486 g/mol. The fourth-order valence-electron chi connectivity index (χ4n) is 4.05. The van der Waals surface area contributed by atoms with Gasteiger partial charge in [-0.1, -0.05) is 29.4 Å². The van der Waals surface area contributed by atoms with E-state index < -0.39 is 24.1 Å². The maximum absolute atomic E-state index is 13.8. The maximum atomic E-state index is 13.8. The van der Waals surface area contributed by atoms with E-state index in [0.717, 1.165) is 48.6 Å². The molecule has 178 valence electrons. The molecule has 0 atom stereocenters. The number of fused-ring (bicyclic) bond motifs is 1. The number of aromatic carboxylic acids is 1. The van der Waals surface area contributed by atoms with Gasteiger partial charge in [0.1, 0.15) is 0 Å². The molecule has 0 bridgehead atoms. The van der Waals surface area contributed by atoms with Crippen molar-refractivity contribution < 1.29 is 23.5 Å². The molecule has 7 nitrogen and oxygen atoms in total. The first-order chi connectivity index (χ1) is 16.3. The van der Waals surface area contributed by atoms with Gasteiger partial charge in [0.15, 0.2) is 5.16 Å². The third-order valence-electron chi connectivity index (χ3n) is 5.66. The summed E-state index contributed by atoms with van der Waals surface area (Å²) < 4.78 is 28.9. The summed E-state index contributed by atoms with van der Waals surface area (Å²) in [5.74, 6) is -2.18. The lowest BCUT2D eigenvalue weighted by molar-refractivity contribution is -0.113. The van der Waals surface area contributed by atoms with Crippen LogP contribution in [0.1, 0.15) is 52.1 Å². The molecule has 2 N–H and O–H groups in total. The smallest absolute Gasteiger partial charge is 0.335 e. The molecule has 3 aromatic rings. The molecule has 0 saturated heterocycles. The second-order valence-electron chi connectivity index (χ2n) is 7.88. The lowest BCUT2D eigenvalue weighted by Crippen LogP contribution is -2.16. The van der Waals surface area contributed by atoms with Crippen molar-refractivity contribution in [3.8, 4) is 5.69 Å². The number of carbonyl (C=O) groups is 2. The number of rotatable bonds is 7. The molecule has 0 saturated carbocycles. The van der Waals surface area contributed by atoms with Crippen molar-refractivity contribution in [2.75, 3.05) is 11.1 Å². The van der Waals surface area contributed by atoms with Gasteiger partial charge in [-0.25, -0.2) is 13.6 Å². The molecular formula is C23H21ClF2N4O3S. The highest BCUT2D eigenvalue weighted by Crippen LogP contribution is 2.34. The van der Waals surface area contributed by atoms with Crippen LogP contribution in [0.2, 0.25) is 5.02 Å². The molecule has 34 heavy (non-hydrogen) atoms. The first-order valence-electron chi connectivity index (χ1n) is 10.6. The van der Waals surface area contributed by atoms with Crippen molar-refractivity contribution in [1.29, 1.82) is 0 Å². The van der Waals surface area contributed by atoms with Crippen LogP contribution in [0.15, 0.2) is 35.5 Å². The number of hydrogen-bond acceptors (Lipinski definition) is 5. The number of halogens is 3. The van der Waals surface area contributed by atoms with Crippen molar-refractivity contribution >= 4 is 40.9 Å². The Morgan fingerprint density at radius 1 is 1.18 bits per heavy atom. The van der Waals surface area contributed by atoms with Crippen molar-refractivity contribution in [1.82, 2.24) is 14.8 Å². The zero-order chi connectivity index (χ0) is 24.4. The van der Waals surface area contributed by atoms with Crippen LogP contribution in [0.3, 0.4) is 0 Å². The SMILES string of the molecule is Cc1ccc(-n2c(SCC(=O)Nc3ccc(C(=O)O)cc3Cl)nnc2C(F)F)c2c1CCCC2. The summed E-state index contributed by atoms with van der Waals surface area (Å²) in [6.07, 6.45) is 0.875. The van der Waals surface area contributed by atoms with E-state index >= 15 is 0 Å². The molecule has 2 aromatic carbocycles. The minimum absolute atomic E-state index is 0.00793. The Morgan fingerprint density at radius 2 is 1.91 bits per heavy atom. The van der Waals surface area contributed by atoms with E-state index in [1.165, 1.54) is 28.3 Å². The predicted molar refractivity (Wildman–Crippen MR) is 125 cm³/mol. The number of aryl methyl sites for hydroxylation is 1. The molecule has 1 aromatic heterocycles. The fourth-order valence-corrected chi connectivity index (χ4v) is 5.03. The highest BCUT2D eigenvalue weighted by atomic mass is 35.5. The summed E-state index contributed by atoms with van der Waals surface area (Å²) in [6.45, 7) is 2.02. The van der Waals surface area contributed by atoms with Crippen LogP contribution in [-0.4, -0.2) is 37.5 Å². The summed E-state index contributed by atoms with van der Waals surface area (Å²) in [7, 11) is 0. The highest BCUT2D eigenvalue weighted by molar-refractivity contribution is 7.99. The van der Waals surface area contributed by atoms with Crippen LogP contribution in [-0.2, 0) is 17.6 Å². The monoisotopic (exact) mass is 506 g/mol. The predicted octanol–water partition coefficient (Wildman–Crippen LogP) is 5.47. The van der Waals surface area contributed by atoms with Gasteiger partial charge in [-0.2, -0.15) is 0 Å². The van der Waals surface area contributed by atoms with Gasteiger partial charge in [0.2, 0.25) is 11.7 Å². The molecule has 1 amide bonds. The van der Waals surface area contributed by atoms with Crippen LogP contribution in [0.5, 0.6) is 0 Å². The molecule has 0 aliphatic heterocycles. The first kappa shape index (κ1) is 24.2. The van der Waals surface area contributed by atoms with E-state index in [-0.39, 0.29) is 27.2 Å². The van der Waals surface area contributed by atoms with Crippen LogP contribution in [0.4, 0.5) is 14.5 Å². The Hall–Kier alpha value is -2.98. The third-order valence-corrected chi connectivity index (χ3v) is 6.90. The van der Waals surface area contributed by atoms with E-state index in [9.17, 15) is 18.4 Å². The molecule has 1 aliphatic rings. The topological polar surface area (TPSA) is 97.1 Å². The number of nitrogens with one attached hydrogen (secondary N) is 1. The molecule has 0 unspecified atom stereocenters. The minimum atomic E-state index is -2.83. The van der Waals surface area contributed by atoms with Gasteiger partial charge in [0.25, 0.3) is 6.43 Å². The van der Waals surface area contributed by atoms with Crippen LogP contribution in [0.25, 0.3) is 5.69 Å². The Balaban J connectivity index is 1.58. The summed E-state index contributed by atoms with van der Waals surface area (Å²) in [5, 5.41) is 19.5. The number of anilines is 1. The van der Waals surface area contributed by atoms with E-state index in [1.54, 1.807) is 0 Å². The molecule has 0 spiro atoms. The first-order valence-corrected chi connectivity index (χ1v) is 11.9. The summed E-state index contributed by atoms with van der Waals surface area (Å²) in [5.41, 5.74) is 4.18. The number of aromatic nitrogens is 3. The minimum Gasteiger partial charge on any atom is -0.478 e. The van der Waals surface area contributed by atoms with Gasteiger partial charge < -0.3 is 10.4 Å². The van der Waals surface area contributed by atoms with Crippen molar-refractivity contribution in [3.63, 3.8) is 0 Å². The fraction of sp³-hybridized carbons (Fsp3) is 0.304. The lowest BCUT2D eigenvalue weighted by Gasteiger charge is -2.23. The van der Waals surface area contributed by atoms with E-state index in [4.69, 9.17) is 16.7 Å². The number of carboxylic acids is 1. The average molecular weight is 507 g/mol. The Kier molecular flexibility index (Phi) is 7.18. The third kappa shape index (κ3) is 4.92. The highest BCUT2D eigenvalue weighted by Gasteiger charge is 2.26. The summed E-state index contributed by atoms with van der Waals surface area (Å²) in [6, 6.07) is 7.67. The van der Waals surface area contributed by atoms with Gasteiger partial charge in [0, 0.05) is 0 Å². The van der Waals surface area contributed by atoms with Crippen LogP contribution in [0, 0.1) is 6.92 Å². The number of hydrogen-bond donors (Lipinski definition) is 2. The number of amides is 1. The second-order valence-corrected chi connectivity index (χ2v) is 9.23. The van der Waals surface area contributed by atoms with Crippen molar-refractivity contribution in [2.24, 2.45) is 0 Å². The van der Waals surface area contributed by atoms with Crippen molar-refractivity contribution in [3.05, 3.63) is 63.4 Å². The maximum Gasteiger partial charge on any atom is 0.335 e. The van der Waals surface area contributed by atoms with E-state index in [2.05, 4.69) is 15.5 Å². The van der Waals surface area contributed by atoms with E-state index in [0.29, 0.717) is 5.69 Å². The largest absolute Gasteiger partial charge is 0.478 e. The number of carboxylic acid groups (broad SMARTS) is 1. The zero-order valence-corrected chi connectivity index (χ0v) is 19.7. The number of carbonyl (C=O) groups excluding carboxylic acids is 1. The standard InChI is InChI=1S/C23H21ClF2N4O3S/c1-12-6-9-18(15-5-3-2-4-14(12)15)30-21(20(25)26)28-29-23(30)34-11-19(31)27-17-8-7-13(22(32)33)10-16(17)24/h6-10,20H,2-5,11H2,1H3,(H,27,31)(H,32,33). The molecule has 1 aliphatic carbocycles. The summed E-state index contributed by atoms with van der Waals surface area (Å²) >= 11 is 7.05. The van der Waals surface area contributed by atoms with Gasteiger partial charge >= 0.3 is 5.97 Å². The number of benzene rings is 2. The van der Waals surface area contributed by atoms with Crippen LogP contribution < -0.4 is 5.32 Å². The number of alkyl halides is 2. The summed E-state index contributed by atoms with van der Waals surface area (Å²) in [4.78, 5) is 23.5. The Bertz CT molecular complexity index is 1270. The van der Waals surface area contributed by atoms with Gasteiger partial charge in [-0.05, 0) is 73.6 Å². The lowest BCUT2D eigenvalue weighted by atomic mass is 9.87. The number of nitrogens with zero attached hydrogens (tertiary/aromatic N) is 3. The number of thioether (sulfide) groups is 1. The van der Waals surface area contributed by atoms with Crippen molar-refractivity contribution in [2.45, 2.75) is 44.2 Å². The Labute approximate surface area is 203 Å². The molecule has 0 fully saturated rings. The molecule has 11 heteroatoms. The molecule has 0 radical (unpaired) electrons. The second kappa shape index (κ2) is 10.1. The van der Waals surface area contributed by atoms with Gasteiger partial charge in [-0.15, -0.1) is 10.2 Å². The molecule has 4 rings (SSSR count). The van der Waals surface area contributed by atoms with Gasteiger partial charge in [0.05, 0.1) is 27.7 Å². The van der Waals surface area contributed by atoms with Gasteiger partial charge in [-0.3, -0.25) is 9.36 Å². The van der Waals surface area contributed by atoms with E-state index in [1.807, 2.05) is 19.1 Å². The quantitative estimate of drug-likeness (QED) is 0.412. The molecule has 1 heterocycles. The Morgan fingerprint density at radius 3 is 2.59 bits per heavy atom. The normalized spacial score (nSPS) is 13.1. The van der Waals surface area contributed by atoms with Crippen LogP contribution >= 0.6 is 23.4 Å². The average Bonchev–Trinajstić information content (AvgIpc) is 3.23.